The van der Waals surface area contributed by atoms with E-state index in [2.05, 4.69) is 30.7 Å². The van der Waals surface area contributed by atoms with Gasteiger partial charge in [-0.25, -0.2) is 4.98 Å². The third kappa shape index (κ3) is 4.48. The van der Waals surface area contributed by atoms with Gasteiger partial charge in [0.1, 0.15) is 6.10 Å². The zero-order valence-electron chi connectivity index (χ0n) is 13.3. The zero-order valence-corrected chi connectivity index (χ0v) is 13.3. The molecule has 1 fully saturated rings. The van der Waals surface area contributed by atoms with Crippen molar-refractivity contribution >= 4 is 0 Å². The van der Waals surface area contributed by atoms with E-state index < -0.39 is 0 Å². The van der Waals surface area contributed by atoms with Crippen molar-refractivity contribution in [3.05, 3.63) is 23.9 Å². The number of rotatable bonds is 5. The molecular formula is C17H28N2O. The second-order valence-corrected chi connectivity index (χ2v) is 6.45. The topological polar surface area (TPSA) is 25.4 Å². The molecule has 20 heavy (non-hydrogen) atoms. The first-order valence-corrected chi connectivity index (χ1v) is 7.89. The van der Waals surface area contributed by atoms with Gasteiger partial charge in [-0.15, -0.1) is 0 Å². The minimum Gasteiger partial charge on any atom is -0.474 e. The molecule has 3 heteroatoms. The number of nitrogens with zero attached hydrogens (tertiary/aromatic N) is 2. The molecule has 1 aromatic heterocycles. The smallest absolute Gasteiger partial charge is 0.213 e. The van der Waals surface area contributed by atoms with E-state index in [0.29, 0.717) is 12.1 Å². The Balaban J connectivity index is 1.79. The van der Waals surface area contributed by atoms with Gasteiger partial charge in [-0.2, -0.15) is 0 Å². The van der Waals surface area contributed by atoms with Crippen LogP contribution in [0.1, 0.15) is 45.7 Å². The summed E-state index contributed by atoms with van der Waals surface area (Å²) < 4.78 is 6.01. The Morgan fingerprint density at radius 1 is 1.25 bits per heavy atom. The third-order valence-electron chi connectivity index (χ3n) is 4.06. The third-order valence-corrected chi connectivity index (χ3v) is 4.06. The first kappa shape index (κ1) is 15.3. The van der Waals surface area contributed by atoms with Crippen LogP contribution in [0.3, 0.4) is 0 Å². The Hall–Kier alpha value is -1.09. The van der Waals surface area contributed by atoms with E-state index in [-0.39, 0.29) is 0 Å². The average Bonchev–Trinajstić information content (AvgIpc) is 2.38. The van der Waals surface area contributed by atoms with Crippen LogP contribution in [0.2, 0.25) is 0 Å². The van der Waals surface area contributed by atoms with Crippen LogP contribution in [0.4, 0.5) is 0 Å². The number of hydrogen-bond donors (Lipinski definition) is 0. The van der Waals surface area contributed by atoms with Crippen LogP contribution in [0.5, 0.6) is 5.88 Å². The highest BCUT2D eigenvalue weighted by molar-refractivity contribution is 5.15. The number of aromatic nitrogens is 1. The van der Waals surface area contributed by atoms with Gasteiger partial charge in [-0.3, -0.25) is 0 Å². The number of ether oxygens (including phenoxy) is 1. The molecule has 1 atom stereocenters. The number of likely N-dealkylation sites (tertiary alicyclic amines) is 1. The molecule has 0 bridgehead atoms. The largest absolute Gasteiger partial charge is 0.474 e. The standard InChI is InChI=1S/C17H28N2O/c1-13(2)12-15(4)19-10-8-16(9-11-19)20-17-7-5-6-14(3)18-17/h5-7,13,15-16H,8-12H2,1-4H3. The number of aryl methyl sites for hydroxylation is 1. The summed E-state index contributed by atoms with van der Waals surface area (Å²) in [4.78, 5) is 7.03. The summed E-state index contributed by atoms with van der Waals surface area (Å²) in [6, 6.07) is 6.66. The first-order chi connectivity index (χ1) is 9.54. The number of hydrogen-bond acceptors (Lipinski definition) is 3. The van der Waals surface area contributed by atoms with Gasteiger partial charge in [0, 0.05) is 30.9 Å². The first-order valence-electron chi connectivity index (χ1n) is 7.89. The molecule has 0 radical (unpaired) electrons. The van der Waals surface area contributed by atoms with Crippen LogP contribution in [-0.2, 0) is 0 Å². The van der Waals surface area contributed by atoms with Crippen LogP contribution >= 0.6 is 0 Å². The molecule has 0 saturated carbocycles. The quantitative estimate of drug-likeness (QED) is 0.820. The fourth-order valence-corrected chi connectivity index (χ4v) is 3.02. The second-order valence-electron chi connectivity index (χ2n) is 6.45. The van der Waals surface area contributed by atoms with Crippen LogP contribution in [0, 0.1) is 12.8 Å². The minimum absolute atomic E-state index is 0.326. The van der Waals surface area contributed by atoms with Gasteiger partial charge in [0.15, 0.2) is 0 Å². The molecule has 1 unspecified atom stereocenters. The predicted molar refractivity (Wildman–Crippen MR) is 83.1 cm³/mol. The maximum Gasteiger partial charge on any atom is 0.213 e. The summed E-state index contributed by atoms with van der Waals surface area (Å²) in [6.45, 7) is 11.2. The lowest BCUT2D eigenvalue weighted by Gasteiger charge is -2.36. The van der Waals surface area contributed by atoms with E-state index in [0.717, 1.165) is 43.4 Å². The Kier molecular flexibility index (Phi) is 5.41. The van der Waals surface area contributed by atoms with Crippen LogP contribution < -0.4 is 4.74 Å². The monoisotopic (exact) mass is 276 g/mol. The molecule has 0 spiro atoms. The average molecular weight is 276 g/mol. The second kappa shape index (κ2) is 7.07. The molecule has 0 N–H and O–H groups in total. The van der Waals surface area contributed by atoms with E-state index in [1.54, 1.807) is 0 Å². The molecule has 1 aromatic rings. The summed E-state index contributed by atoms with van der Waals surface area (Å²) in [5, 5.41) is 0. The van der Waals surface area contributed by atoms with Gasteiger partial charge >= 0.3 is 0 Å². The number of pyridine rings is 1. The van der Waals surface area contributed by atoms with E-state index in [9.17, 15) is 0 Å². The molecule has 1 saturated heterocycles. The van der Waals surface area contributed by atoms with E-state index in [1.165, 1.54) is 6.42 Å². The van der Waals surface area contributed by atoms with Crippen LogP contribution in [0.15, 0.2) is 18.2 Å². The molecule has 0 aromatic carbocycles. The minimum atomic E-state index is 0.326. The summed E-state index contributed by atoms with van der Waals surface area (Å²) in [7, 11) is 0. The van der Waals surface area contributed by atoms with Crippen molar-refractivity contribution in [1.29, 1.82) is 0 Å². The fraction of sp³-hybridized carbons (Fsp3) is 0.706. The molecular weight excluding hydrogens is 248 g/mol. The molecule has 2 rings (SSSR count). The van der Waals surface area contributed by atoms with Gasteiger partial charge in [-0.05, 0) is 45.1 Å². The van der Waals surface area contributed by atoms with Gasteiger partial charge in [0.2, 0.25) is 5.88 Å². The van der Waals surface area contributed by atoms with Crippen molar-refractivity contribution < 1.29 is 4.74 Å². The highest BCUT2D eigenvalue weighted by atomic mass is 16.5. The van der Waals surface area contributed by atoms with Crippen molar-refractivity contribution in [3.8, 4) is 5.88 Å². The normalized spacial score (nSPS) is 19.2. The van der Waals surface area contributed by atoms with Gasteiger partial charge in [0.25, 0.3) is 0 Å². The molecule has 0 amide bonds. The highest BCUT2D eigenvalue weighted by Crippen LogP contribution is 2.21. The molecule has 112 valence electrons. The van der Waals surface area contributed by atoms with Gasteiger partial charge < -0.3 is 9.64 Å². The van der Waals surface area contributed by atoms with Gasteiger partial charge in [-0.1, -0.05) is 19.9 Å². The van der Waals surface area contributed by atoms with Crippen molar-refractivity contribution in [2.45, 2.75) is 59.1 Å². The zero-order chi connectivity index (χ0) is 14.5. The summed E-state index contributed by atoms with van der Waals surface area (Å²) in [6.07, 6.45) is 3.83. The van der Waals surface area contributed by atoms with Gasteiger partial charge in [0.05, 0.1) is 0 Å². The lowest BCUT2D eigenvalue weighted by molar-refractivity contribution is 0.0713. The lowest BCUT2D eigenvalue weighted by atomic mass is 10.00. The number of piperidine rings is 1. The Morgan fingerprint density at radius 2 is 1.95 bits per heavy atom. The molecule has 1 aliphatic rings. The van der Waals surface area contributed by atoms with E-state index >= 15 is 0 Å². The lowest BCUT2D eigenvalue weighted by Crippen LogP contribution is -2.43. The Bertz CT molecular complexity index is 411. The SMILES string of the molecule is Cc1cccc(OC2CCN(C(C)CC(C)C)CC2)n1. The Labute approximate surface area is 123 Å². The van der Waals surface area contributed by atoms with E-state index in [4.69, 9.17) is 4.74 Å². The molecule has 3 nitrogen and oxygen atoms in total. The molecule has 0 aliphatic carbocycles. The summed E-state index contributed by atoms with van der Waals surface area (Å²) >= 11 is 0. The summed E-state index contributed by atoms with van der Waals surface area (Å²) in [5.74, 6) is 1.55. The molecule has 2 heterocycles. The maximum atomic E-state index is 6.01. The van der Waals surface area contributed by atoms with E-state index in [1.807, 2.05) is 25.1 Å². The van der Waals surface area contributed by atoms with Crippen molar-refractivity contribution in [2.24, 2.45) is 5.92 Å². The van der Waals surface area contributed by atoms with Crippen LogP contribution in [0.25, 0.3) is 0 Å². The maximum absolute atomic E-state index is 6.01. The van der Waals surface area contributed by atoms with Crippen molar-refractivity contribution in [2.75, 3.05) is 13.1 Å². The Morgan fingerprint density at radius 3 is 2.55 bits per heavy atom. The fourth-order valence-electron chi connectivity index (χ4n) is 3.02. The predicted octanol–water partition coefficient (Wildman–Crippen LogP) is 3.67. The van der Waals surface area contributed by atoms with Crippen molar-refractivity contribution in [3.63, 3.8) is 0 Å². The van der Waals surface area contributed by atoms with Crippen LogP contribution in [-0.4, -0.2) is 35.1 Å². The summed E-state index contributed by atoms with van der Waals surface area (Å²) in [5.41, 5.74) is 1.02. The molecule has 1 aliphatic heterocycles. The van der Waals surface area contributed by atoms with Crippen molar-refractivity contribution in [1.82, 2.24) is 9.88 Å². The highest BCUT2D eigenvalue weighted by Gasteiger charge is 2.24.